The number of benzene rings is 2. The molecule has 0 aliphatic rings. The van der Waals surface area contributed by atoms with E-state index in [1.54, 1.807) is 12.1 Å². The molecule has 2 aromatic rings. The SMILES string of the molecule is CCS(=O)(=O)c1ccccc1C(=O)NCC(Cc1ccccc1)C(=O)O. The molecule has 0 radical (unpaired) electrons. The van der Waals surface area contributed by atoms with E-state index in [0.717, 1.165) is 5.56 Å². The van der Waals surface area contributed by atoms with Crippen LogP contribution >= 0.6 is 0 Å². The van der Waals surface area contributed by atoms with Crippen LogP contribution in [0.2, 0.25) is 0 Å². The fourth-order valence-electron chi connectivity index (χ4n) is 2.54. The van der Waals surface area contributed by atoms with Crippen molar-refractivity contribution in [3.05, 3.63) is 65.7 Å². The second kappa shape index (κ2) is 8.62. The molecule has 0 bridgehead atoms. The summed E-state index contributed by atoms with van der Waals surface area (Å²) in [6.45, 7) is 1.41. The maximum absolute atomic E-state index is 12.4. The van der Waals surface area contributed by atoms with Gasteiger partial charge in [-0.25, -0.2) is 8.42 Å². The molecule has 0 saturated heterocycles. The van der Waals surface area contributed by atoms with Gasteiger partial charge >= 0.3 is 5.97 Å². The molecule has 26 heavy (non-hydrogen) atoms. The van der Waals surface area contributed by atoms with Crippen molar-refractivity contribution >= 4 is 21.7 Å². The number of carboxylic acids is 1. The van der Waals surface area contributed by atoms with Crippen LogP contribution in [0, 0.1) is 5.92 Å². The highest BCUT2D eigenvalue weighted by atomic mass is 32.2. The quantitative estimate of drug-likeness (QED) is 0.736. The third-order valence-corrected chi connectivity index (χ3v) is 5.82. The Morgan fingerprint density at radius 1 is 1.04 bits per heavy atom. The number of carboxylic acid groups (broad SMARTS) is 1. The molecule has 2 N–H and O–H groups in total. The summed E-state index contributed by atoms with van der Waals surface area (Å²) in [5.41, 5.74) is 0.876. The van der Waals surface area contributed by atoms with E-state index in [-0.39, 0.29) is 29.2 Å². The molecule has 0 fully saturated rings. The third-order valence-electron chi connectivity index (χ3n) is 4.03. The normalized spacial score (nSPS) is 12.3. The number of amides is 1. The largest absolute Gasteiger partial charge is 0.481 e. The second-order valence-electron chi connectivity index (χ2n) is 5.83. The van der Waals surface area contributed by atoms with Gasteiger partial charge < -0.3 is 10.4 Å². The first-order valence-electron chi connectivity index (χ1n) is 8.22. The van der Waals surface area contributed by atoms with Crippen LogP contribution in [0.5, 0.6) is 0 Å². The molecular formula is C19H21NO5S. The zero-order valence-electron chi connectivity index (χ0n) is 14.4. The Labute approximate surface area is 152 Å². The summed E-state index contributed by atoms with van der Waals surface area (Å²) in [5, 5.41) is 11.9. The fraction of sp³-hybridized carbons (Fsp3) is 0.263. The third kappa shape index (κ3) is 4.92. The molecule has 6 nitrogen and oxygen atoms in total. The summed E-state index contributed by atoms with van der Waals surface area (Å²) in [7, 11) is -3.55. The number of carbonyl (C=O) groups is 2. The molecule has 0 aliphatic heterocycles. The van der Waals surface area contributed by atoms with Gasteiger partial charge in [0.2, 0.25) is 0 Å². The first-order valence-corrected chi connectivity index (χ1v) is 9.87. The minimum Gasteiger partial charge on any atom is -0.481 e. The Balaban J connectivity index is 2.13. The molecule has 7 heteroatoms. The van der Waals surface area contributed by atoms with Crippen molar-refractivity contribution in [1.29, 1.82) is 0 Å². The Morgan fingerprint density at radius 2 is 1.65 bits per heavy atom. The molecule has 0 aromatic heterocycles. The zero-order chi connectivity index (χ0) is 19.2. The van der Waals surface area contributed by atoms with Crippen molar-refractivity contribution in [2.45, 2.75) is 18.2 Å². The van der Waals surface area contributed by atoms with Crippen LogP contribution in [0.3, 0.4) is 0 Å². The van der Waals surface area contributed by atoms with Gasteiger partial charge in [0.25, 0.3) is 5.91 Å². The molecule has 2 rings (SSSR count). The summed E-state index contributed by atoms with van der Waals surface area (Å²) in [4.78, 5) is 23.9. The number of sulfone groups is 1. The number of hydrogen-bond donors (Lipinski definition) is 2. The summed E-state index contributed by atoms with van der Waals surface area (Å²) in [5.74, 6) is -2.56. The first-order chi connectivity index (χ1) is 12.3. The standard InChI is InChI=1S/C19H21NO5S/c1-2-26(24,25)17-11-7-6-10-16(17)18(21)20-13-15(19(22)23)12-14-8-4-3-5-9-14/h3-11,15H,2,12-13H2,1H3,(H,20,21)(H,22,23). The van der Waals surface area contributed by atoms with Crippen LogP contribution < -0.4 is 5.32 Å². The molecule has 0 aliphatic carbocycles. The van der Waals surface area contributed by atoms with Crippen LogP contribution in [-0.2, 0) is 21.1 Å². The van der Waals surface area contributed by atoms with Crippen molar-refractivity contribution in [3.63, 3.8) is 0 Å². The van der Waals surface area contributed by atoms with E-state index in [9.17, 15) is 23.1 Å². The Hall–Kier alpha value is -2.67. The molecule has 1 atom stereocenters. The maximum atomic E-state index is 12.4. The number of nitrogens with one attached hydrogen (secondary N) is 1. The molecule has 0 saturated carbocycles. The first kappa shape index (κ1) is 19.7. The molecule has 2 aromatic carbocycles. The van der Waals surface area contributed by atoms with Crippen molar-refractivity contribution in [1.82, 2.24) is 5.32 Å². The summed E-state index contributed by atoms with van der Waals surface area (Å²) < 4.78 is 24.3. The smallest absolute Gasteiger partial charge is 0.308 e. The van der Waals surface area contributed by atoms with Crippen LogP contribution in [0.4, 0.5) is 0 Å². The van der Waals surface area contributed by atoms with Crippen molar-refractivity contribution in [2.75, 3.05) is 12.3 Å². The molecule has 1 amide bonds. The predicted molar refractivity (Wildman–Crippen MR) is 97.8 cm³/mol. The Morgan fingerprint density at radius 3 is 2.27 bits per heavy atom. The lowest BCUT2D eigenvalue weighted by atomic mass is 9.99. The molecule has 0 heterocycles. The van der Waals surface area contributed by atoms with Crippen LogP contribution in [-0.4, -0.2) is 37.7 Å². The highest BCUT2D eigenvalue weighted by Crippen LogP contribution is 2.17. The summed E-state index contributed by atoms with van der Waals surface area (Å²) in [6, 6.07) is 15.0. The van der Waals surface area contributed by atoms with Crippen LogP contribution in [0.15, 0.2) is 59.5 Å². The van der Waals surface area contributed by atoms with Crippen molar-refractivity contribution in [2.24, 2.45) is 5.92 Å². The second-order valence-corrected chi connectivity index (χ2v) is 8.08. The fourth-order valence-corrected chi connectivity index (χ4v) is 3.63. The van der Waals surface area contributed by atoms with Gasteiger partial charge in [0.1, 0.15) is 0 Å². The van der Waals surface area contributed by atoms with E-state index in [2.05, 4.69) is 5.32 Å². The maximum Gasteiger partial charge on any atom is 0.308 e. The zero-order valence-corrected chi connectivity index (χ0v) is 15.2. The van der Waals surface area contributed by atoms with E-state index in [0.29, 0.717) is 0 Å². The van der Waals surface area contributed by atoms with E-state index < -0.39 is 27.6 Å². The number of aliphatic carboxylic acids is 1. The van der Waals surface area contributed by atoms with Crippen LogP contribution in [0.25, 0.3) is 0 Å². The van der Waals surface area contributed by atoms with Gasteiger partial charge in [-0.2, -0.15) is 0 Å². The highest BCUT2D eigenvalue weighted by Gasteiger charge is 2.23. The lowest BCUT2D eigenvalue weighted by Crippen LogP contribution is -2.34. The average Bonchev–Trinajstić information content (AvgIpc) is 2.65. The molecular weight excluding hydrogens is 354 g/mol. The van der Waals surface area contributed by atoms with Gasteiger partial charge in [-0.05, 0) is 24.1 Å². The van der Waals surface area contributed by atoms with Gasteiger partial charge in [-0.1, -0.05) is 49.4 Å². The number of carbonyl (C=O) groups excluding carboxylic acids is 1. The lowest BCUT2D eigenvalue weighted by Gasteiger charge is -2.15. The summed E-state index contributed by atoms with van der Waals surface area (Å²) >= 11 is 0. The van der Waals surface area contributed by atoms with Gasteiger partial charge in [0.15, 0.2) is 9.84 Å². The van der Waals surface area contributed by atoms with Gasteiger partial charge in [-0.15, -0.1) is 0 Å². The van der Waals surface area contributed by atoms with E-state index in [4.69, 9.17) is 0 Å². The van der Waals surface area contributed by atoms with E-state index in [1.165, 1.54) is 19.1 Å². The van der Waals surface area contributed by atoms with Gasteiger partial charge in [0, 0.05) is 6.54 Å². The van der Waals surface area contributed by atoms with Crippen molar-refractivity contribution in [3.8, 4) is 0 Å². The monoisotopic (exact) mass is 375 g/mol. The minimum absolute atomic E-state index is 0.0261. The minimum atomic E-state index is -3.55. The highest BCUT2D eigenvalue weighted by molar-refractivity contribution is 7.91. The van der Waals surface area contributed by atoms with Gasteiger partial charge in [0.05, 0.1) is 22.1 Å². The Bertz CT molecular complexity index is 878. The number of hydrogen-bond acceptors (Lipinski definition) is 4. The number of rotatable bonds is 8. The topological polar surface area (TPSA) is 101 Å². The molecule has 0 spiro atoms. The van der Waals surface area contributed by atoms with Crippen molar-refractivity contribution < 1.29 is 23.1 Å². The predicted octanol–water partition coefficient (Wildman–Crippen LogP) is 2.15. The van der Waals surface area contributed by atoms with Gasteiger partial charge in [-0.3, -0.25) is 9.59 Å². The Kier molecular flexibility index (Phi) is 6.52. The van der Waals surface area contributed by atoms with Crippen LogP contribution in [0.1, 0.15) is 22.8 Å². The van der Waals surface area contributed by atoms with E-state index >= 15 is 0 Å². The summed E-state index contributed by atoms with van der Waals surface area (Å²) in [6.07, 6.45) is 0.269. The molecule has 1 unspecified atom stereocenters. The van der Waals surface area contributed by atoms with E-state index in [1.807, 2.05) is 30.3 Å². The average molecular weight is 375 g/mol. The molecule has 138 valence electrons. The lowest BCUT2D eigenvalue weighted by molar-refractivity contribution is -0.141.